The minimum atomic E-state index is -0.716. The predicted molar refractivity (Wildman–Crippen MR) is 174 cm³/mol. The van der Waals surface area contributed by atoms with Crippen LogP contribution in [0.3, 0.4) is 0 Å². The first kappa shape index (κ1) is 30.9. The SMILES string of the molecule is Cc1cc(-n2nc3c(c2-n2ccn(-c4ccc5c(cnn5C5CC5)c4F)c2=O)[C@H](C)N(C(=O)OC(C)(C)C)CC3(C)C)cc(C)c1F. The molecular weight excluding hydrogens is 604 g/mol. The summed E-state index contributed by atoms with van der Waals surface area (Å²) in [5.41, 5.74) is 1.63. The first-order chi connectivity index (χ1) is 22.1. The quantitative estimate of drug-likeness (QED) is 0.211. The average Bonchev–Trinajstić information content (AvgIpc) is 3.42. The maximum Gasteiger partial charge on any atom is 0.410 e. The fraction of sp³-hybridized carbons (Fsp3) is 0.429. The van der Waals surface area contributed by atoms with Gasteiger partial charge in [0.25, 0.3) is 0 Å². The van der Waals surface area contributed by atoms with E-state index in [2.05, 4.69) is 5.10 Å². The molecule has 0 unspecified atom stereocenters. The van der Waals surface area contributed by atoms with Crippen LogP contribution in [0.2, 0.25) is 0 Å². The van der Waals surface area contributed by atoms with E-state index in [4.69, 9.17) is 9.84 Å². The van der Waals surface area contributed by atoms with Crippen molar-refractivity contribution < 1.29 is 18.3 Å². The zero-order valence-corrected chi connectivity index (χ0v) is 27.9. The molecule has 1 fully saturated rings. The molecule has 0 bridgehead atoms. The first-order valence-corrected chi connectivity index (χ1v) is 15.9. The number of ether oxygens (including phenoxy) is 1. The zero-order chi connectivity index (χ0) is 33.7. The molecule has 2 aliphatic rings. The highest BCUT2D eigenvalue weighted by Gasteiger charge is 2.45. The molecule has 4 heterocycles. The number of carbonyl (C=O) groups is 1. The molecule has 10 nitrogen and oxygen atoms in total. The van der Waals surface area contributed by atoms with E-state index in [1.54, 1.807) is 53.9 Å². The van der Waals surface area contributed by atoms with Crippen molar-refractivity contribution in [3.05, 3.63) is 87.4 Å². The number of rotatable bonds is 4. The Morgan fingerprint density at radius 1 is 1.02 bits per heavy atom. The minimum absolute atomic E-state index is 0.0914. The van der Waals surface area contributed by atoms with Crippen molar-refractivity contribution in [3.63, 3.8) is 0 Å². The number of imidazole rings is 1. The van der Waals surface area contributed by atoms with Gasteiger partial charge in [-0.15, -0.1) is 0 Å². The molecule has 0 N–H and O–H groups in total. The average molecular weight is 644 g/mol. The number of aryl methyl sites for hydroxylation is 2. The molecule has 1 aliphatic heterocycles. The predicted octanol–water partition coefficient (Wildman–Crippen LogP) is 6.98. The van der Waals surface area contributed by atoms with Crippen molar-refractivity contribution in [2.24, 2.45) is 0 Å². The highest BCUT2D eigenvalue weighted by atomic mass is 19.1. The van der Waals surface area contributed by atoms with Gasteiger partial charge >= 0.3 is 11.8 Å². The molecule has 246 valence electrons. The summed E-state index contributed by atoms with van der Waals surface area (Å²) in [7, 11) is 0. The van der Waals surface area contributed by atoms with E-state index in [0.717, 1.165) is 12.8 Å². The molecule has 7 rings (SSSR count). The smallest absolute Gasteiger partial charge is 0.410 e. The Bertz CT molecular complexity index is 2120. The Hall–Kier alpha value is -4.74. The third-order valence-corrected chi connectivity index (χ3v) is 9.13. The van der Waals surface area contributed by atoms with Crippen LogP contribution in [-0.2, 0) is 10.2 Å². The first-order valence-electron chi connectivity index (χ1n) is 15.9. The van der Waals surface area contributed by atoms with Crippen molar-refractivity contribution in [3.8, 4) is 17.2 Å². The van der Waals surface area contributed by atoms with E-state index in [1.165, 1.54) is 21.5 Å². The molecule has 0 spiro atoms. The number of fused-ring (bicyclic) bond motifs is 2. The Balaban J connectivity index is 1.44. The Morgan fingerprint density at radius 3 is 2.32 bits per heavy atom. The van der Waals surface area contributed by atoms with Gasteiger partial charge in [0, 0.05) is 29.9 Å². The summed E-state index contributed by atoms with van der Waals surface area (Å²) in [5.74, 6) is -0.484. The number of nitrogens with zero attached hydrogens (tertiary/aromatic N) is 7. The van der Waals surface area contributed by atoms with Crippen LogP contribution in [0.4, 0.5) is 13.6 Å². The van der Waals surface area contributed by atoms with Crippen LogP contribution >= 0.6 is 0 Å². The van der Waals surface area contributed by atoms with Gasteiger partial charge in [0.05, 0.1) is 46.3 Å². The third kappa shape index (κ3) is 4.96. The van der Waals surface area contributed by atoms with Gasteiger partial charge in [0.2, 0.25) is 0 Å². The van der Waals surface area contributed by atoms with Crippen molar-refractivity contribution in [2.45, 2.75) is 91.3 Å². The number of benzene rings is 2. The van der Waals surface area contributed by atoms with Gasteiger partial charge < -0.3 is 9.64 Å². The lowest BCUT2D eigenvalue weighted by Gasteiger charge is -2.41. The second-order valence-corrected chi connectivity index (χ2v) is 14.5. The molecule has 0 radical (unpaired) electrons. The van der Waals surface area contributed by atoms with Gasteiger partial charge in [0.1, 0.15) is 17.2 Å². The number of hydrogen-bond acceptors (Lipinski definition) is 5. The highest BCUT2D eigenvalue weighted by molar-refractivity contribution is 5.82. The van der Waals surface area contributed by atoms with Crippen LogP contribution in [0.1, 0.15) is 88.9 Å². The normalized spacial score (nSPS) is 17.7. The number of amides is 1. The monoisotopic (exact) mass is 643 g/mol. The van der Waals surface area contributed by atoms with E-state index in [-0.39, 0.29) is 17.5 Å². The van der Waals surface area contributed by atoms with Crippen LogP contribution in [0.5, 0.6) is 0 Å². The van der Waals surface area contributed by atoms with Gasteiger partial charge in [-0.05, 0) is 89.8 Å². The standard InChI is InChI=1S/C35H39F2N7O3/c1-19-15-23(16-20(2)28(19)36)44-31(27-21(3)42(33(46)47-34(4,5)6)18-35(7,8)30(27)39-44)41-14-13-40(32(41)45)26-12-11-25-24(29(26)37)17-38-43(25)22-9-10-22/h11-17,21-22H,9-10,18H2,1-8H3/t21-/m0/s1. The number of aromatic nitrogens is 6. The van der Waals surface area contributed by atoms with E-state index < -0.39 is 34.7 Å². The Morgan fingerprint density at radius 2 is 1.68 bits per heavy atom. The number of hydrogen-bond donors (Lipinski definition) is 0. The molecule has 1 atom stereocenters. The summed E-state index contributed by atoms with van der Waals surface area (Å²) >= 11 is 0. The lowest BCUT2D eigenvalue weighted by molar-refractivity contribution is 0.00979. The largest absolute Gasteiger partial charge is 0.444 e. The van der Waals surface area contributed by atoms with E-state index in [0.29, 0.717) is 51.3 Å². The van der Waals surface area contributed by atoms with E-state index in [1.807, 2.05) is 46.2 Å². The lowest BCUT2D eigenvalue weighted by atomic mass is 9.80. The maximum absolute atomic E-state index is 16.0. The van der Waals surface area contributed by atoms with Crippen molar-refractivity contribution in [1.29, 1.82) is 0 Å². The summed E-state index contributed by atoms with van der Waals surface area (Å²) in [6, 6.07) is 6.48. The fourth-order valence-corrected chi connectivity index (χ4v) is 6.69. The minimum Gasteiger partial charge on any atom is -0.444 e. The van der Waals surface area contributed by atoms with Gasteiger partial charge in [-0.3, -0.25) is 13.8 Å². The van der Waals surface area contributed by atoms with Crippen molar-refractivity contribution in [2.75, 3.05) is 6.54 Å². The van der Waals surface area contributed by atoms with Gasteiger partial charge in [-0.25, -0.2) is 23.1 Å². The molecule has 1 amide bonds. The van der Waals surface area contributed by atoms with Crippen molar-refractivity contribution in [1.82, 2.24) is 33.6 Å². The van der Waals surface area contributed by atoms with Crippen LogP contribution in [-0.4, -0.2) is 51.8 Å². The van der Waals surface area contributed by atoms with E-state index in [9.17, 15) is 14.0 Å². The van der Waals surface area contributed by atoms with Gasteiger partial charge in [-0.1, -0.05) is 13.8 Å². The van der Waals surface area contributed by atoms with Gasteiger partial charge in [-0.2, -0.15) is 10.2 Å². The third-order valence-electron chi connectivity index (χ3n) is 9.13. The molecule has 5 aromatic rings. The number of carbonyl (C=O) groups excluding carboxylic acids is 1. The fourth-order valence-electron chi connectivity index (χ4n) is 6.69. The summed E-state index contributed by atoms with van der Waals surface area (Å²) in [6.45, 7) is 15.0. The van der Waals surface area contributed by atoms with Gasteiger partial charge in [0.15, 0.2) is 5.82 Å². The number of halogens is 2. The van der Waals surface area contributed by atoms with Crippen LogP contribution in [0, 0.1) is 25.5 Å². The Labute approximate surface area is 271 Å². The lowest BCUT2D eigenvalue weighted by Crippen LogP contribution is -2.48. The molecule has 2 aromatic carbocycles. The summed E-state index contributed by atoms with van der Waals surface area (Å²) < 4.78 is 42.8. The summed E-state index contributed by atoms with van der Waals surface area (Å²) in [6.07, 6.45) is 6.13. The van der Waals surface area contributed by atoms with E-state index >= 15 is 4.39 Å². The van der Waals surface area contributed by atoms with Crippen molar-refractivity contribution >= 4 is 17.0 Å². The van der Waals surface area contributed by atoms with Crippen LogP contribution in [0.25, 0.3) is 28.1 Å². The second kappa shape index (κ2) is 10.4. The molecule has 0 saturated heterocycles. The Kier molecular flexibility index (Phi) is 6.82. The molecule has 3 aromatic heterocycles. The van der Waals surface area contributed by atoms with Crippen LogP contribution in [0.15, 0.2) is 47.7 Å². The second-order valence-electron chi connectivity index (χ2n) is 14.5. The molecular formula is C35H39F2N7O3. The zero-order valence-electron chi connectivity index (χ0n) is 27.9. The summed E-state index contributed by atoms with van der Waals surface area (Å²) in [5, 5.41) is 9.80. The molecule has 47 heavy (non-hydrogen) atoms. The molecule has 1 saturated carbocycles. The highest BCUT2D eigenvalue weighted by Crippen LogP contribution is 2.43. The van der Waals surface area contributed by atoms with Crippen LogP contribution < -0.4 is 5.69 Å². The maximum atomic E-state index is 16.0. The molecule has 12 heteroatoms. The summed E-state index contributed by atoms with van der Waals surface area (Å²) in [4.78, 5) is 29.5. The topological polar surface area (TPSA) is 92.1 Å². The molecule has 1 aliphatic carbocycles.